The monoisotopic (exact) mass is 252 g/mol. The third-order valence-electron chi connectivity index (χ3n) is 2.66. The molecule has 0 aliphatic rings. The number of amides is 1. The lowest BCUT2D eigenvalue weighted by molar-refractivity contribution is -0.116. The Balaban J connectivity index is 2.89. The Kier molecular flexibility index (Phi) is 5.45. The summed E-state index contributed by atoms with van der Waals surface area (Å²) in [5, 5.41) is 5.76. The normalized spacial score (nSPS) is 10.0. The van der Waals surface area contributed by atoms with Crippen molar-refractivity contribution < 1.29 is 14.3 Å². The molecule has 0 saturated carbocycles. The summed E-state index contributed by atoms with van der Waals surface area (Å²) in [6.45, 7) is 2.53. The summed E-state index contributed by atoms with van der Waals surface area (Å²) in [5.41, 5.74) is 1.53. The van der Waals surface area contributed by atoms with Crippen molar-refractivity contribution in [2.24, 2.45) is 0 Å². The van der Waals surface area contributed by atoms with Gasteiger partial charge in [0.15, 0.2) is 0 Å². The molecule has 1 amide bonds. The van der Waals surface area contributed by atoms with Gasteiger partial charge in [0.25, 0.3) is 0 Å². The second-order valence-electron chi connectivity index (χ2n) is 3.88. The van der Waals surface area contributed by atoms with Crippen LogP contribution in [0.15, 0.2) is 12.1 Å². The van der Waals surface area contributed by atoms with Crippen molar-refractivity contribution >= 4 is 11.6 Å². The van der Waals surface area contributed by atoms with E-state index in [-0.39, 0.29) is 5.91 Å². The van der Waals surface area contributed by atoms with E-state index in [2.05, 4.69) is 10.6 Å². The van der Waals surface area contributed by atoms with E-state index < -0.39 is 0 Å². The Bertz CT molecular complexity index is 419. The highest BCUT2D eigenvalue weighted by atomic mass is 16.5. The lowest BCUT2D eigenvalue weighted by Gasteiger charge is -2.15. The number of benzene rings is 1. The molecule has 0 atom stereocenters. The van der Waals surface area contributed by atoms with Crippen molar-refractivity contribution in [2.45, 2.75) is 13.3 Å². The molecule has 0 unspecified atom stereocenters. The van der Waals surface area contributed by atoms with Crippen LogP contribution in [-0.4, -0.2) is 33.7 Å². The van der Waals surface area contributed by atoms with Crippen LogP contribution in [0.25, 0.3) is 0 Å². The van der Waals surface area contributed by atoms with E-state index in [4.69, 9.17) is 9.47 Å². The lowest BCUT2D eigenvalue weighted by atomic mass is 10.1. The zero-order valence-corrected chi connectivity index (χ0v) is 11.3. The quantitative estimate of drug-likeness (QED) is 0.806. The van der Waals surface area contributed by atoms with Crippen LogP contribution >= 0.6 is 0 Å². The fraction of sp³-hybridized carbons (Fsp3) is 0.462. The molecule has 0 fully saturated rings. The van der Waals surface area contributed by atoms with Gasteiger partial charge in [0.05, 0.1) is 19.9 Å². The summed E-state index contributed by atoms with van der Waals surface area (Å²) in [4.78, 5) is 11.7. The molecular formula is C13H20N2O3. The highest BCUT2D eigenvalue weighted by Crippen LogP contribution is 2.34. The molecular weight excluding hydrogens is 232 g/mol. The van der Waals surface area contributed by atoms with Gasteiger partial charge in [0, 0.05) is 18.5 Å². The van der Waals surface area contributed by atoms with E-state index >= 15 is 0 Å². The van der Waals surface area contributed by atoms with Crippen LogP contribution in [0.5, 0.6) is 11.5 Å². The molecule has 1 aromatic carbocycles. The first kappa shape index (κ1) is 14.3. The molecule has 0 spiro atoms. The molecule has 0 aromatic heterocycles. The number of hydrogen-bond acceptors (Lipinski definition) is 4. The minimum absolute atomic E-state index is 0.0489. The molecule has 5 heteroatoms. The maximum absolute atomic E-state index is 11.7. The van der Waals surface area contributed by atoms with Gasteiger partial charge in [-0.05, 0) is 26.1 Å². The largest absolute Gasteiger partial charge is 0.496 e. The Hall–Kier alpha value is -1.75. The Labute approximate surface area is 107 Å². The van der Waals surface area contributed by atoms with Gasteiger partial charge in [-0.15, -0.1) is 0 Å². The van der Waals surface area contributed by atoms with Crippen LogP contribution in [0, 0.1) is 6.92 Å². The first-order valence-corrected chi connectivity index (χ1v) is 5.80. The topological polar surface area (TPSA) is 59.6 Å². The van der Waals surface area contributed by atoms with Crippen LogP contribution in [-0.2, 0) is 4.79 Å². The summed E-state index contributed by atoms with van der Waals surface area (Å²) < 4.78 is 10.5. The molecule has 0 aliphatic carbocycles. The summed E-state index contributed by atoms with van der Waals surface area (Å²) in [6, 6.07) is 3.59. The number of nitrogens with one attached hydrogen (secondary N) is 2. The van der Waals surface area contributed by atoms with Gasteiger partial charge >= 0.3 is 0 Å². The molecule has 100 valence electrons. The fourth-order valence-corrected chi connectivity index (χ4v) is 1.71. The van der Waals surface area contributed by atoms with Gasteiger partial charge in [0.2, 0.25) is 5.91 Å². The van der Waals surface area contributed by atoms with Gasteiger partial charge in [-0.2, -0.15) is 0 Å². The minimum Gasteiger partial charge on any atom is -0.496 e. The van der Waals surface area contributed by atoms with E-state index in [0.717, 1.165) is 11.3 Å². The zero-order valence-electron chi connectivity index (χ0n) is 11.3. The fourth-order valence-electron chi connectivity index (χ4n) is 1.71. The number of anilines is 1. The third kappa shape index (κ3) is 3.37. The molecule has 1 rings (SSSR count). The molecule has 18 heavy (non-hydrogen) atoms. The maximum Gasteiger partial charge on any atom is 0.225 e. The zero-order chi connectivity index (χ0) is 13.5. The minimum atomic E-state index is -0.0489. The van der Waals surface area contributed by atoms with E-state index in [9.17, 15) is 4.79 Å². The molecule has 0 saturated heterocycles. The number of ether oxygens (including phenoxy) is 2. The molecule has 1 aromatic rings. The van der Waals surface area contributed by atoms with Crippen molar-refractivity contribution in [3.05, 3.63) is 17.7 Å². The standard InChI is InChI=1S/C13H20N2O3/c1-9-11(17-3)6-5-10(13(9)18-4)15-12(16)7-8-14-2/h5-6,14H,7-8H2,1-4H3,(H,15,16). The van der Waals surface area contributed by atoms with Crippen molar-refractivity contribution in [1.29, 1.82) is 0 Å². The van der Waals surface area contributed by atoms with Crippen molar-refractivity contribution in [3.63, 3.8) is 0 Å². The third-order valence-corrected chi connectivity index (χ3v) is 2.66. The first-order chi connectivity index (χ1) is 8.63. The SMILES string of the molecule is CNCCC(=O)Nc1ccc(OC)c(C)c1OC. The summed E-state index contributed by atoms with van der Waals surface area (Å²) in [5.74, 6) is 1.32. The van der Waals surface area contributed by atoms with Crippen LogP contribution < -0.4 is 20.1 Å². The number of carbonyl (C=O) groups is 1. The summed E-state index contributed by atoms with van der Waals surface area (Å²) >= 11 is 0. The van der Waals surface area contributed by atoms with Crippen LogP contribution in [0.4, 0.5) is 5.69 Å². The summed E-state index contributed by atoms with van der Waals surface area (Å²) in [7, 11) is 4.99. The Morgan fingerprint density at radius 2 is 2.00 bits per heavy atom. The average molecular weight is 252 g/mol. The first-order valence-electron chi connectivity index (χ1n) is 5.80. The van der Waals surface area contributed by atoms with Crippen molar-refractivity contribution in [2.75, 3.05) is 33.1 Å². The van der Waals surface area contributed by atoms with Crippen molar-refractivity contribution in [3.8, 4) is 11.5 Å². The van der Waals surface area contributed by atoms with Gasteiger partial charge < -0.3 is 20.1 Å². The van der Waals surface area contributed by atoms with Crippen LogP contribution in [0.3, 0.4) is 0 Å². The molecule has 0 heterocycles. The van der Waals surface area contributed by atoms with Gasteiger partial charge in [-0.3, -0.25) is 4.79 Å². The molecule has 0 radical (unpaired) electrons. The Morgan fingerprint density at radius 3 is 2.56 bits per heavy atom. The smallest absolute Gasteiger partial charge is 0.225 e. The summed E-state index contributed by atoms with van der Waals surface area (Å²) in [6.07, 6.45) is 0.421. The predicted molar refractivity (Wildman–Crippen MR) is 71.5 cm³/mol. The number of hydrogen-bond donors (Lipinski definition) is 2. The molecule has 0 aliphatic heterocycles. The highest BCUT2D eigenvalue weighted by Gasteiger charge is 2.13. The second kappa shape index (κ2) is 6.86. The second-order valence-corrected chi connectivity index (χ2v) is 3.88. The number of carbonyl (C=O) groups excluding carboxylic acids is 1. The molecule has 2 N–H and O–H groups in total. The van der Waals surface area contributed by atoms with Gasteiger partial charge in [0.1, 0.15) is 11.5 Å². The molecule has 5 nitrogen and oxygen atoms in total. The highest BCUT2D eigenvalue weighted by molar-refractivity contribution is 5.92. The van der Waals surface area contributed by atoms with Gasteiger partial charge in [-0.25, -0.2) is 0 Å². The molecule has 0 bridgehead atoms. The van der Waals surface area contributed by atoms with E-state index in [1.165, 1.54) is 0 Å². The van der Waals surface area contributed by atoms with E-state index in [1.807, 2.05) is 20.0 Å². The van der Waals surface area contributed by atoms with Gasteiger partial charge in [-0.1, -0.05) is 0 Å². The maximum atomic E-state index is 11.7. The average Bonchev–Trinajstić information content (AvgIpc) is 2.37. The van der Waals surface area contributed by atoms with Crippen LogP contribution in [0.2, 0.25) is 0 Å². The van der Waals surface area contributed by atoms with Crippen LogP contribution in [0.1, 0.15) is 12.0 Å². The van der Waals surface area contributed by atoms with E-state index in [0.29, 0.717) is 24.4 Å². The predicted octanol–water partition coefficient (Wildman–Crippen LogP) is 1.56. The Morgan fingerprint density at radius 1 is 1.28 bits per heavy atom. The van der Waals surface area contributed by atoms with Crippen molar-refractivity contribution in [1.82, 2.24) is 5.32 Å². The number of rotatable bonds is 6. The number of methoxy groups -OCH3 is 2. The van der Waals surface area contributed by atoms with E-state index in [1.54, 1.807) is 20.3 Å². The lowest BCUT2D eigenvalue weighted by Crippen LogP contribution is -2.19.